The fraction of sp³-hybridized carbons (Fsp3) is 0.417. The highest BCUT2D eigenvalue weighted by molar-refractivity contribution is 5.55. The topological polar surface area (TPSA) is 23.5 Å². The maximum Gasteiger partial charge on any atom is 0.123 e. The quantitative estimate of drug-likeness (QED) is 0.757. The summed E-state index contributed by atoms with van der Waals surface area (Å²) in [5.74, 6) is -0.129. The van der Waals surface area contributed by atoms with Gasteiger partial charge in [0.05, 0.1) is 5.60 Å². The van der Waals surface area contributed by atoms with Gasteiger partial charge in [-0.1, -0.05) is 55.0 Å². The molecule has 0 amide bonds. The van der Waals surface area contributed by atoms with Crippen LogP contribution in [0.5, 0.6) is 0 Å². The van der Waals surface area contributed by atoms with Gasteiger partial charge in [-0.3, -0.25) is 0 Å². The van der Waals surface area contributed by atoms with E-state index in [1.54, 1.807) is 12.1 Å². The molecule has 0 aromatic heterocycles. The molecule has 0 saturated heterocycles. The first kappa shape index (κ1) is 19.8. The SMILES string of the molecule is CN(C)CC1CCCCC(=Cc2ccccc2)C1(O)Cc1cccc(F)c1. The Morgan fingerprint density at radius 1 is 1.11 bits per heavy atom. The minimum absolute atomic E-state index is 0.119. The van der Waals surface area contributed by atoms with Gasteiger partial charge in [0, 0.05) is 18.9 Å². The van der Waals surface area contributed by atoms with Crippen LogP contribution in [0.4, 0.5) is 4.39 Å². The Bertz CT molecular complexity index is 771. The van der Waals surface area contributed by atoms with Crippen molar-refractivity contribution in [1.82, 2.24) is 4.90 Å². The molecule has 2 nitrogen and oxygen atoms in total. The third-order valence-corrected chi connectivity index (χ3v) is 5.57. The summed E-state index contributed by atoms with van der Waals surface area (Å²) in [7, 11) is 4.10. The average molecular weight is 368 g/mol. The van der Waals surface area contributed by atoms with E-state index < -0.39 is 5.60 Å². The molecule has 27 heavy (non-hydrogen) atoms. The summed E-state index contributed by atoms with van der Waals surface area (Å²) in [6.07, 6.45) is 6.64. The summed E-state index contributed by atoms with van der Waals surface area (Å²) >= 11 is 0. The largest absolute Gasteiger partial charge is 0.385 e. The predicted octanol–water partition coefficient (Wildman–Crippen LogP) is 4.93. The van der Waals surface area contributed by atoms with Gasteiger partial charge in [0.1, 0.15) is 5.82 Å². The summed E-state index contributed by atoms with van der Waals surface area (Å²) in [4.78, 5) is 2.15. The molecule has 2 aromatic carbocycles. The van der Waals surface area contributed by atoms with Gasteiger partial charge < -0.3 is 10.0 Å². The molecule has 2 atom stereocenters. The van der Waals surface area contributed by atoms with Crippen LogP contribution >= 0.6 is 0 Å². The van der Waals surface area contributed by atoms with E-state index >= 15 is 0 Å². The van der Waals surface area contributed by atoms with E-state index in [9.17, 15) is 9.50 Å². The average Bonchev–Trinajstić information content (AvgIpc) is 2.76. The molecule has 1 N–H and O–H groups in total. The molecular formula is C24H30FNO. The summed E-state index contributed by atoms with van der Waals surface area (Å²) in [6, 6.07) is 16.8. The van der Waals surface area contributed by atoms with Crippen LogP contribution in [0.15, 0.2) is 60.2 Å². The van der Waals surface area contributed by atoms with Crippen molar-refractivity contribution in [2.24, 2.45) is 5.92 Å². The van der Waals surface area contributed by atoms with Gasteiger partial charge in [-0.05, 0) is 62.2 Å². The molecule has 2 unspecified atom stereocenters. The molecule has 0 heterocycles. The van der Waals surface area contributed by atoms with Crippen LogP contribution in [-0.4, -0.2) is 36.2 Å². The minimum atomic E-state index is -0.968. The number of benzene rings is 2. The molecule has 144 valence electrons. The van der Waals surface area contributed by atoms with Gasteiger partial charge in [-0.15, -0.1) is 0 Å². The second-order valence-electron chi connectivity index (χ2n) is 8.02. The molecule has 0 bridgehead atoms. The molecule has 0 aliphatic heterocycles. The fourth-order valence-electron chi connectivity index (χ4n) is 4.27. The second kappa shape index (κ2) is 8.81. The maximum absolute atomic E-state index is 13.8. The molecule has 0 radical (unpaired) electrons. The lowest BCUT2D eigenvalue weighted by Gasteiger charge is -2.39. The Balaban J connectivity index is 2.03. The molecule has 1 fully saturated rings. The Labute approximate surface area is 162 Å². The summed E-state index contributed by atoms with van der Waals surface area (Å²) in [5.41, 5.74) is 2.06. The van der Waals surface area contributed by atoms with Crippen molar-refractivity contribution in [2.75, 3.05) is 20.6 Å². The zero-order chi connectivity index (χ0) is 19.3. The van der Waals surface area contributed by atoms with Crippen molar-refractivity contribution in [3.8, 4) is 0 Å². The number of halogens is 1. The first-order chi connectivity index (χ1) is 13.0. The lowest BCUT2D eigenvalue weighted by atomic mass is 9.75. The van der Waals surface area contributed by atoms with Crippen molar-refractivity contribution in [3.05, 3.63) is 77.1 Å². The van der Waals surface area contributed by atoms with Crippen LogP contribution in [0.2, 0.25) is 0 Å². The van der Waals surface area contributed by atoms with E-state index in [0.717, 1.165) is 48.9 Å². The molecule has 1 aliphatic carbocycles. The van der Waals surface area contributed by atoms with Crippen molar-refractivity contribution in [3.63, 3.8) is 0 Å². The van der Waals surface area contributed by atoms with Crippen molar-refractivity contribution in [2.45, 2.75) is 37.7 Å². The molecule has 0 spiro atoms. The minimum Gasteiger partial charge on any atom is -0.385 e. The third kappa shape index (κ3) is 5.06. The number of nitrogens with zero attached hydrogens (tertiary/aromatic N) is 1. The van der Waals surface area contributed by atoms with E-state index in [0.29, 0.717) is 6.42 Å². The number of hydrogen-bond acceptors (Lipinski definition) is 2. The van der Waals surface area contributed by atoms with E-state index in [1.807, 2.05) is 38.4 Å². The molecular weight excluding hydrogens is 337 g/mol. The standard InChI is InChI=1S/C24H30FNO/c1-26(2)18-22-13-7-6-12-21(15-19-9-4-3-5-10-19)24(22,27)17-20-11-8-14-23(25)16-20/h3-5,8-11,14-16,22,27H,6-7,12-13,17-18H2,1-2H3. The van der Waals surface area contributed by atoms with Crippen LogP contribution in [0.1, 0.15) is 36.8 Å². The Morgan fingerprint density at radius 3 is 2.59 bits per heavy atom. The van der Waals surface area contributed by atoms with Gasteiger partial charge in [-0.25, -0.2) is 4.39 Å². The Hall–Kier alpha value is -1.97. The van der Waals surface area contributed by atoms with E-state index in [4.69, 9.17) is 0 Å². The Kier molecular flexibility index (Phi) is 6.46. The van der Waals surface area contributed by atoms with E-state index in [2.05, 4.69) is 23.1 Å². The maximum atomic E-state index is 13.8. The highest BCUT2D eigenvalue weighted by atomic mass is 19.1. The fourth-order valence-corrected chi connectivity index (χ4v) is 4.27. The molecule has 2 aromatic rings. The van der Waals surface area contributed by atoms with Gasteiger partial charge in [0.25, 0.3) is 0 Å². The van der Waals surface area contributed by atoms with Crippen LogP contribution in [0, 0.1) is 11.7 Å². The highest BCUT2D eigenvalue weighted by Gasteiger charge is 2.41. The van der Waals surface area contributed by atoms with Gasteiger partial charge in [0.2, 0.25) is 0 Å². The third-order valence-electron chi connectivity index (χ3n) is 5.57. The first-order valence-electron chi connectivity index (χ1n) is 9.85. The second-order valence-corrected chi connectivity index (χ2v) is 8.02. The van der Waals surface area contributed by atoms with Gasteiger partial charge in [-0.2, -0.15) is 0 Å². The van der Waals surface area contributed by atoms with Gasteiger partial charge in [0.15, 0.2) is 0 Å². The zero-order valence-electron chi connectivity index (χ0n) is 16.4. The Morgan fingerprint density at radius 2 is 1.89 bits per heavy atom. The van der Waals surface area contributed by atoms with Crippen molar-refractivity contribution >= 4 is 6.08 Å². The summed E-state index contributed by atoms with van der Waals surface area (Å²) in [6.45, 7) is 0.817. The van der Waals surface area contributed by atoms with Crippen LogP contribution in [0.3, 0.4) is 0 Å². The van der Waals surface area contributed by atoms with E-state index in [-0.39, 0.29) is 11.7 Å². The summed E-state index contributed by atoms with van der Waals surface area (Å²) in [5, 5.41) is 12.0. The van der Waals surface area contributed by atoms with Gasteiger partial charge >= 0.3 is 0 Å². The number of aliphatic hydroxyl groups is 1. The monoisotopic (exact) mass is 367 g/mol. The van der Waals surface area contributed by atoms with Crippen LogP contribution in [0.25, 0.3) is 6.08 Å². The molecule has 3 rings (SSSR count). The number of rotatable bonds is 5. The molecule has 1 saturated carbocycles. The highest BCUT2D eigenvalue weighted by Crippen LogP contribution is 2.40. The smallest absolute Gasteiger partial charge is 0.123 e. The lowest BCUT2D eigenvalue weighted by Crippen LogP contribution is -2.45. The van der Waals surface area contributed by atoms with Crippen molar-refractivity contribution in [1.29, 1.82) is 0 Å². The molecule has 3 heteroatoms. The van der Waals surface area contributed by atoms with Crippen LogP contribution in [-0.2, 0) is 6.42 Å². The number of hydrogen-bond donors (Lipinski definition) is 1. The lowest BCUT2D eigenvalue weighted by molar-refractivity contribution is 0.00513. The van der Waals surface area contributed by atoms with E-state index in [1.165, 1.54) is 6.07 Å². The summed E-state index contributed by atoms with van der Waals surface area (Å²) < 4.78 is 13.8. The zero-order valence-corrected chi connectivity index (χ0v) is 16.4. The van der Waals surface area contributed by atoms with Crippen LogP contribution < -0.4 is 0 Å². The first-order valence-corrected chi connectivity index (χ1v) is 9.85. The normalized spacial score (nSPS) is 24.9. The van der Waals surface area contributed by atoms with Crippen molar-refractivity contribution < 1.29 is 9.50 Å². The molecule has 1 aliphatic rings. The predicted molar refractivity (Wildman–Crippen MR) is 110 cm³/mol.